The number of alkyl halides is 5. The normalized spacial score (nSPS) is 19.2. The number of likely N-dealkylation sites (tertiary alicyclic amines) is 1. The Labute approximate surface area is 216 Å². The van der Waals surface area contributed by atoms with Gasteiger partial charge in [-0.1, -0.05) is 18.2 Å². The first-order valence-electron chi connectivity index (χ1n) is 12.5. The predicted octanol–water partition coefficient (Wildman–Crippen LogP) is 5.36. The van der Waals surface area contributed by atoms with E-state index >= 15 is 0 Å². The summed E-state index contributed by atoms with van der Waals surface area (Å²) in [7, 11) is 1.95. The lowest BCUT2D eigenvalue weighted by molar-refractivity contribution is -0.240. The van der Waals surface area contributed by atoms with Crippen LogP contribution in [0.3, 0.4) is 0 Å². The molecule has 1 unspecified atom stereocenters. The van der Waals surface area contributed by atoms with Crippen LogP contribution in [0.1, 0.15) is 73.0 Å². The van der Waals surface area contributed by atoms with E-state index in [1.165, 1.54) is 19.1 Å². The molecule has 1 atom stereocenters. The Morgan fingerprint density at radius 2 is 1.76 bits per heavy atom. The summed E-state index contributed by atoms with van der Waals surface area (Å²) in [6, 6.07) is 3.22. The summed E-state index contributed by atoms with van der Waals surface area (Å²) in [6.07, 6.45) is -5.78. The van der Waals surface area contributed by atoms with Gasteiger partial charge in [0, 0.05) is 23.9 Å². The van der Waals surface area contributed by atoms with E-state index in [1.54, 1.807) is 0 Å². The molecule has 2 fully saturated rings. The first-order chi connectivity index (χ1) is 17.8. The van der Waals surface area contributed by atoms with E-state index in [0.717, 1.165) is 31.4 Å². The number of hydrogen-bond acceptors (Lipinski definition) is 4. The third kappa shape index (κ3) is 5.27. The van der Waals surface area contributed by atoms with Gasteiger partial charge in [0.25, 0.3) is 17.9 Å². The minimum atomic E-state index is -4.71. The predicted molar refractivity (Wildman–Crippen MR) is 130 cm³/mol. The monoisotopic (exact) mass is 544 g/mol. The van der Waals surface area contributed by atoms with Gasteiger partial charge in [0.15, 0.2) is 0 Å². The molecular formula is C26H30F6N4O2. The van der Waals surface area contributed by atoms with Crippen molar-refractivity contribution >= 4 is 11.6 Å². The number of halogens is 6. The molecule has 2 aliphatic rings. The van der Waals surface area contributed by atoms with Crippen LogP contribution in [0.2, 0.25) is 0 Å². The average molecular weight is 545 g/mol. The number of hydrogen-bond donors (Lipinski definition) is 2. The molecule has 1 aromatic carbocycles. The van der Waals surface area contributed by atoms with Crippen LogP contribution in [-0.2, 0) is 5.54 Å². The van der Waals surface area contributed by atoms with Crippen molar-refractivity contribution in [1.82, 2.24) is 14.8 Å². The Morgan fingerprint density at radius 1 is 1.13 bits per heavy atom. The fourth-order valence-electron chi connectivity index (χ4n) is 5.14. The van der Waals surface area contributed by atoms with Gasteiger partial charge < -0.3 is 15.5 Å². The minimum absolute atomic E-state index is 0.0731. The van der Waals surface area contributed by atoms with Gasteiger partial charge in [-0.15, -0.1) is 0 Å². The van der Waals surface area contributed by atoms with Crippen LogP contribution in [0.4, 0.5) is 32.0 Å². The molecule has 1 aliphatic carbocycles. The highest BCUT2D eigenvalue weighted by atomic mass is 19.4. The molecule has 1 aromatic heterocycles. The highest BCUT2D eigenvalue weighted by Gasteiger charge is 2.60. The van der Waals surface area contributed by atoms with Gasteiger partial charge in [0.05, 0.1) is 22.9 Å². The zero-order chi connectivity index (χ0) is 27.8. The second kappa shape index (κ2) is 10.6. The molecule has 1 amide bonds. The molecule has 2 heterocycles. The Hall–Kier alpha value is -3.02. The smallest absolute Gasteiger partial charge is 0.381 e. The number of anilines is 1. The van der Waals surface area contributed by atoms with Crippen molar-refractivity contribution in [1.29, 1.82) is 0 Å². The van der Waals surface area contributed by atoms with Gasteiger partial charge in [-0.3, -0.25) is 14.2 Å². The topological polar surface area (TPSA) is 66.4 Å². The maximum absolute atomic E-state index is 14.7. The number of nitrogens with one attached hydrogen (secondary N) is 2. The van der Waals surface area contributed by atoms with Crippen LogP contribution < -0.4 is 16.2 Å². The molecule has 0 bridgehead atoms. The molecule has 4 rings (SSSR count). The number of pyridine rings is 1. The van der Waals surface area contributed by atoms with E-state index in [2.05, 4.69) is 15.5 Å². The Morgan fingerprint density at radius 3 is 2.32 bits per heavy atom. The van der Waals surface area contributed by atoms with Crippen molar-refractivity contribution in [3.8, 4) is 0 Å². The standard InChI is InChI=1S/C26H30F6N4O2/c1-15(17-5-3-6-18(22(17)27)23(28)29)33-24(38)19-14-36(25(9-4-10-25)26(30,31)32)21(37)13-20(19)34-16-7-11-35(2)12-8-16/h3,5-6,13-16,23,34H,4,7-12H2,1-2H3,(H,33,38). The van der Waals surface area contributed by atoms with Crippen molar-refractivity contribution in [3.05, 3.63) is 63.3 Å². The van der Waals surface area contributed by atoms with Crippen molar-refractivity contribution in [2.75, 3.05) is 25.5 Å². The molecule has 2 N–H and O–H groups in total. The number of benzene rings is 1. The van der Waals surface area contributed by atoms with E-state index in [4.69, 9.17) is 0 Å². The zero-order valence-corrected chi connectivity index (χ0v) is 21.0. The number of nitrogens with zero attached hydrogens (tertiary/aromatic N) is 2. The van der Waals surface area contributed by atoms with E-state index in [1.807, 2.05) is 7.05 Å². The van der Waals surface area contributed by atoms with Crippen molar-refractivity contribution in [2.24, 2.45) is 0 Å². The Bertz CT molecular complexity index is 1230. The summed E-state index contributed by atoms with van der Waals surface area (Å²) in [4.78, 5) is 28.4. The van der Waals surface area contributed by atoms with Crippen molar-refractivity contribution in [3.63, 3.8) is 0 Å². The molecule has 6 nitrogen and oxygen atoms in total. The van der Waals surface area contributed by atoms with Gasteiger partial charge >= 0.3 is 6.18 Å². The van der Waals surface area contributed by atoms with Gasteiger partial charge in [-0.05, 0) is 59.2 Å². The van der Waals surface area contributed by atoms with Crippen LogP contribution in [0.5, 0.6) is 0 Å². The lowest BCUT2D eigenvalue weighted by atomic mass is 9.75. The van der Waals surface area contributed by atoms with E-state index in [9.17, 15) is 35.9 Å². The molecular weight excluding hydrogens is 514 g/mol. The quantitative estimate of drug-likeness (QED) is 0.461. The van der Waals surface area contributed by atoms with Gasteiger partial charge in [0.1, 0.15) is 11.4 Å². The van der Waals surface area contributed by atoms with Crippen LogP contribution in [0.15, 0.2) is 35.3 Å². The molecule has 12 heteroatoms. The molecule has 1 saturated carbocycles. The summed E-state index contributed by atoms with van der Waals surface area (Å²) in [5.74, 6) is -2.03. The molecule has 0 radical (unpaired) electrons. The van der Waals surface area contributed by atoms with Gasteiger partial charge in [-0.25, -0.2) is 13.2 Å². The summed E-state index contributed by atoms with van der Waals surface area (Å²) >= 11 is 0. The van der Waals surface area contributed by atoms with Crippen LogP contribution >= 0.6 is 0 Å². The molecule has 2 aromatic rings. The summed E-state index contributed by atoms with van der Waals surface area (Å²) in [5.41, 5.74) is -4.45. The number of piperidine rings is 1. The van der Waals surface area contributed by atoms with E-state index in [0.29, 0.717) is 17.4 Å². The van der Waals surface area contributed by atoms with Gasteiger partial charge in [0.2, 0.25) is 0 Å². The molecule has 1 aliphatic heterocycles. The number of rotatable bonds is 7. The summed E-state index contributed by atoms with van der Waals surface area (Å²) in [6.45, 7) is 2.89. The van der Waals surface area contributed by atoms with E-state index < -0.39 is 47.0 Å². The third-order valence-electron chi connectivity index (χ3n) is 7.65. The summed E-state index contributed by atoms with van der Waals surface area (Å²) in [5, 5.41) is 5.65. The molecule has 38 heavy (non-hydrogen) atoms. The fourth-order valence-corrected chi connectivity index (χ4v) is 5.14. The number of aromatic nitrogens is 1. The first kappa shape index (κ1) is 28.0. The third-order valence-corrected chi connectivity index (χ3v) is 7.65. The summed E-state index contributed by atoms with van der Waals surface area (Å²) < 4.78 is 83.8. The second-order valence-corrected chi connectivity index (χ2v) is 10.2. The maximum Gasteiger partial charge on any atom is 0.412 e. The lowest BCUT2D eigenvalue weighted by Gasteiger charge is -2.44. The Balaban J connectivity index is 1.71. The average Bonchev–Trinajstić information content (AvgIpc) is 2.80. The van der Waals surface area contributed by atoms with Crippen LogP contribution in [0.25, 0.3) is 0 Å². The fraction of sp³-hybridized carbons (Fsp3) is 0.538. The van der Waals surface area contributed by atoms with Crippen LogP contribution in [-0.4, -0.2) is 47.7 Å². The second-order valence-electron chi connectivity index (χ2n) is 10.2. The van der Waals surface area contributed by atoms with Crippen molar-refractivity contribution in [2.45, 2.75) is 69.3 Å². The molecule has 208 valence electrons. The minimum Gasteiger partial charge on any atom is -0.381 e. The number of carbonyl (C=O) groups excluding carboxylic acids is 1. The zero-order valence-electron chi connectivity index (χ0n) is 21.0. The highest BCUT2D eigenvalue weighted by Crippen LogP contribution is 2.50. The highest BCUT2D eigenvalue weighted by molar-refractivity contribution is 5.99. The number of carbonyl (C=O) groups is 1. The largest absolute Gasteiger partial charge is 0.412 e. The van der Waals surface area contributed by atoms with E-state index in [-0.39, 0.29) is 42.1 Å². The SMILES string of the molecule is CC(NC(=O)c1cn(C2(C(F)(F)F)CCC2)c(=O)cc1NC1CCN(C)CC1)c1cccc(C(F)F)c1F. The lowest BCUT2D eigenvalue weighted by Crippen LogP contribution is -2.56. The number of amides is 1. The van der Waals surface area contributed by atoms with Crippen LogP contribution in [0, 0.1) is 5.82 Å². The molecule has 1 saturated heterocycles. The molecule has 0 spiro atoms. The Kier molecular flexibility index (Phi) is 7.83. The van der Waals surface area contributed by atoms with Crippen molar-refractivity contribution < 1.29 is 31.1 Å². The first-order valence-corrected chi connectivity index (χ1v) is 12.5. The maximum atomic E-state index is 14.7. The van der Waals surface area contributed by atoms with Gasteiger partial charge in [-0.2, -0.15) is 13.2 Å².